The molecule has 0 saturated carbocycles. The van der Waals surface area contributed by atoms with Gasteiger partial charge >= 0.3 is 0 Å². The lowest BCUT2D eigenvalue weighted by Gasteiger charge is -2.03. The predicted octanol–water partition coefficient (Wildman–Crippen LogP) is 2.67. The number of amides is 1. The van der Waals surface area contributed by atoms with Crippen molar-refractivity contribution in [3.05, 3.63) is 59.4 Å². The lowest BCUT2D eigenvalue weighted by molar-refractivity contribution is 0.0937. The monoisotopic (exact) mass is 359 g/mol. The quantitative estimate of drug-likeness (QED) is 0.771. The number of hydrogen-bond acceptors (Lipinski definition) is 6. The number of aromatic nitrogens is 2. The molecule has 0 fully saturated rings. The van der Waals surface area contributed by atoms with Gasteiger partial charge in [-0.1, -0.05) is 5.16 Å². The van der Waals surface area contributed by atoms with Crippen LogP contribution in [0.1, 0.15) is 16.2 Å². The van der Waals surface area contributed by atoms with E-state index in [1.165, 1.54) is 0 Å². The average molecular weight is 359 g/mol. The van der Waals surface area contributed by atoms with Crippen LogP contribution < -0.4 is 14.8 Å². The van der Waals surface area contributed by atoms with E-state index in [9.17, 15) is 13.6 Å². The Kier molecular flexibility index (Phi) is 3.96. The number of carbonyl (C=O) groups is 1. The van der Waals surface area contributed by atoms with E-state index in [4.69, 9.17) is 14.0 Å². The molecule has 9 heteroatoms. The summed E-state index contributed by atoms with van der Waals surface area (Å²) < 4.78 is 41.9. The lowest BCUT2D eigenvalue weighted by Crippen LogP contribution is -2.24. The Morgan fingerprint density at radius 1 is 1.08 bits per heavy atom. The Labute approximate surface area is 145 Å². The Bertz CT molecular complexity index is 970. The normalized spacial score (nSPS) is 12.2. The predicted molar refractivity (Wildman–Crippen MR) is 83.4 cm³/mol. The number of halogens is 2. The number of nitrogens with zero attached hydrogens (tertiary/aromatic N) is 2. The molecule has 3 aromatic rings. The van der Waals surface area contributed by atoms with Crippen molar-refractivity contribution >= 4 is 5.91 Å². The van der Waals surface area contributed by atoms with Gasteiger partial charge in [-0.15, -0.1) is 0 Å². The van der Waals surface area contributed by atoms with Crippen molar-refractivity contribution in [2.75, 3.05) is 6.79 Å². The van der Waals surface area contributed by atoms with E-state index in [1.54, 1.807) is 18.2 Å². The summed E-state index contributed by atoms with van der Waals surface area (Å²) in [6.45, 7) is 0.0539. The summed E-state index contributed by atoms with van der Waals surface area (Å²) in [4.78, 5) is 16.1. The summed E-state index contributed by atoms with van der Waals surface area (Å²) in [7, 11) is 0. The van der Waals surface area contributed by atoms with Gasteiger partial charge in [-0.3, -0.25) is 4.79 Å². The number of ether oxygens (including phenoxy) is 2. The minimum Gasteiger partial charge on any atom is -0.454 e. The van der Waals surface area contributed by atoms with Crippen LogP contribution in [0.5, 0.6) is 11.5 Å². The van der Waals surface area contributed by atoms with E-state index in [0.717, 1.165) is 18.2 Å². The Hall–Kier alpha value is -3.49. The standard InChI is InChI=1S/C17H11F2N3O4/c18-11-3-9(4-12(19)6-11)7-20-16(23)15-21-17(26-22-15)10-1-2-13-14(5-10)25-8-24-13/h1-6H,7-8H2,(H,20,23). The molecule has 0 atom stereocenters. The molecule has 1 aliphatic rings. The van der Waals surface area contributed by atoms with Crippen LogP contribution in [0.25, 0.3) is 11.5 Å². The first-order valence-electron chi connectivity index (χ1n) is 7.55. The first-order valence-corrected chi connectivity index (χ1v) is 7.55. The highest BCUT2D eigenvalue weighted by Gasteiger charge is 2.19. The molecule has 2 aromatic carbocycles. The second-order valence-corrected chi connectivity index (χ2v) is 5.45. The van der Waals surface area contributed by atoms with Crippen LogP contribution in [-0.2, 0) is 6.54 Å². The van der Waals surface area contributed by atoms with E-state index in [-0.39, 0.29) is 30.6 Å². The van der Waals surface area contributed by atoms with Crippen molar-refractivity contribution in [2.24, 2.45) is 0 Å². The zero-order valence-corrected chi connectivity index (χ0v) is 13.2. The van der Waals surface area contributed by atoms with Gasteiger partial charge < -0.3 is 19.3 Å². The molecule has 26 heavy (non-hydrogen) atoms. The molecular weight excluding hydrogens is 348 g/mol. The fraction of sp³-hybridized carbons (Fsp3) is 0.118. The molecule has 0 aliphatic carbocycles. The summed E-state index contributed by atoms with van der Waals surface area (Å²) in [5.74, 6) is -1.00. The van der Waals surface area contributed by atoms with Gasteiger partial charge in [0, 0.05) is 18.2 Å². The van der Waals surface area contributed by atoms with Gasteiger partial charge in [0.05, 0.1) is 0 Å². The molecule has 1 N–H and O–H groups in total. The molecule has 7 nitrogen and oxygen atoms in total. The highest BCUT2D eigenvalue weighted by atomic mass is 19.1. The maximum absolute atomic E-state index is 13.1. The van der Waals surface area contributed by atoms with E-state index < -0.39 is 17.5 Å². The summed E-state index contributed by atoms with van der Waals surface area (Å²) in [5, 5.41) is 6.09. The number of hydrogen-bond donors (Lipinski definition) is 1. The number of benzene rings is 2. The maximum atomic E-state index is 13.1. The molecular formula is C17H11F2N3O4. The Morgan fingerprint density at radius 2 is 1.85 bits per heavy atom. The van der Waals surface area contributed by atoms with Crippen molar-refractivity contribution in [3.63, 3.8) is 0 Å². The Morgan fingerprint density at radius 3 is 2.65 bits per heavy atom. The van der Waals surface area contributed by atoms with E-state index in [2.05, 4.69) is 15.5 Å². The number of rotatable bonds is 4. The SMILES string of the molecule is O=C(NCc1cc(F)cc(F)c1)c1noc(-c2ccc3c(c2)OCO3)n1. The minimum atomic E-state index is -0.723. The Balaban J connectivity index is 1.46. The van der Waals surface area contributed by atoms with Crippen molar-refractivity contribution in [3.8, 4) is 23.0 Å². The molecule has 1 aliphatic heterocycles. The van der Waals surface area contributed by atoms with Crippen molar-refractivity contribution in [1.29, 1.82) is 0 Å². The zero-order valence-electron chi connectivity index (χ0n) is 13.2. The molecule has 132 valence electrons. The van der Waals surface area contributed by atoms with Gasteiger partial charge in [-0.2, -0.15) is 4.98 Å². The van der Waals surface area contributed by atoms with Crippen molar-refractivity contribution < 1.29 is 27.6 Å². The molecule has 0 saturated heterocycles. The molecule has 1 amide bonds. The first-order chi connectivity index (χ1) is 12.6. The third kappa shape index (κ3) is 3.18. The molecule has 1 aromatic heterocycles. The van der Waals surface area contributed by atoms with E-state index >= 15 is 0 Å². The summed E-state index contributed by atoms with van der Waals surface area (Å²) in [6.07, 6.45) is 0. The number of carbonyl (C=O) groups excluding carboxylic acids is 1. The minimum absolute atomic E-state index is 0.0819. The van der Waals surface area contributed by atoms with Crippen LogP contribution in [-0.4, -0.2) is 22.8 Å². The third-order valence-corrected chi connectivity index (χ3v) is 3.62. The topological polar surface area (TPSA) is 86.5 Å². The van der Waals surface area contributed by atoms with Crippen molar-refractivity contribution in [1.82, 2.24) is 15.5 Å². The second kappa shape index (κ2) is 6.43. The zero-order chi connectivity index (χ0) is 18.1. The van der Waals surface area contributed by atoms with Crippen molar-refractivity contribution in [2.45, 2.75) is 6.54 Å². The first kappa shape index (κ1) is 16.0. The molecule has 4 rings (SSSR count). The summed E-state index contributed by atoms with van der Waals surface area (Å²) >= 11 is 0. The highest BCUT2D eigenvalue weighted by Crippen LogP contribution is 2.35. The van der Waals surface area contributed by atoms with Crippen LogP contribution in [0.2, 0.25) is 0 Å². The number of nitrogens with one attached hydrogen (secondary N) is 1. The highest BCUT2D eigenvalue weighted by molar-refractivity contribution is 5.90. The number of fused-ring (bicyclic) bond motifs is 1. The van der Waals surface area contributed by atoms with Crippen LogP contribution in [0.15, 0.2) is 40.9 Å². The van der Waals surface area contributed by atoms with Gasteiger partial charge in [0.2, 0.25) is 6.79 Å². The third-order valence-electron chi connectivity index (χ3n) is 3.62. The molecule has 0 bridgehead atoms. The van der Waals surface area contributed by atoms with Crippen LogP contribution in [0.3, 0.4) is 0 Å². The molecule has 0 unspecified atom stereocenters. The largest absolute Gasteiger partial charge is 0.454 e. The van der Waals surface area contributed by atoms with Gasteiger partial charge in [-0.25, -0.2) is 8.78 Å². The lowest BCUT2D eigenvalue weighted by atomic mass is 10.2. The van der Waals surface area contributed by atoms with E-state index in [0.29, 0.717) is 17.1 Å². The maximum Gasteiger partial charge on any atom is 0.292 e. The van der Waals surface area contributed by atoms with Gasteiger partial charge in [0.1, 0.15) is 11.6 Å². The molecule has 0 spiro atoms. The molecule has 2 heterocycles. The fourth-order valence-corrected chi connectivity index (χ4v) is 2.44. The fourth-order valence-electron chi connectivity index (χ4n) is 2.44. The van der Waals surface area contributed by atoms with Crippen LogP contribution in [0, 0.1) is 11.6 Å². The second-order valence-electron chi connectivity index (χ2n) is 5.45. The van der Waals surface area contributed by atoms with Gasteiger partial charge in [0.25, 0.3) is 17.6 Å². The summed E-state index contributed by atoms with van der Waals surface area (Å²) in [5.41, 5.74) is 0.836. The smallest absolute Gasteiger partial charge is 0.292 e. The van der Waals surface area contributed by atoms with Crippen LogP contribution >= 0.6 is 0 Å². The van der Waals surface area contributed by atoms with Gasteiger partial charge in [-0.05, 0) is 35.9 Å². The van der Waals surface area contributed by atoms with Gasteiger partial charge in [0.15, 0.2) is 11.5 Å². The molecule has 0 radical (unpaired) electrons. The summed E-state index contributed by atoms with van der Waals surface area (Å²) in [6, 6.07) is 8.04. The average Bonchev–Trinajstić information content (AvgIpc) is 3.27. The van der Waals surface area contributed by atoms with Crippen LogP contribution in [0.4, 0.5) is 8.78 Å². The van der Waals surface area contributed by atoms with E-state index in [1.807, 2.05) is 0 Å².